The van der Waals surface area contributed by atoms with E-state index in [1.165, 1.54) is 5.56 Å². The van der Waals surface area contributed by atoms with Crippen LogP contribution in [-0.4, -0.2) is 13.0 Å². The van der Waals surface area contributed by atoms with Crippen LogP contribution in [0.2, 0.25) is 0 Å². The third-order valence-electron chi connectivity index (χ3n) is 3.73. The molecule has 0 unspecified atom stereocenters. The van der Waals surface area contributed by atoms with E-state index in [4.69, 9.17) is 5.73 Å². The van der Waals surface area contributed by atoms with Crippen molar-refractivity contribution < 1.29 is 4.79 Å². The van der Waals surface area contributed by atoms with Crippen LogP contribution in [0.3, 0.4) is 0 Å². The minimum absolute atomic E-state index is 0.0131. The molecule has 0 aliphatic carbocycles. The first-order chi connectivity index (χ1) is 9.93. The number of rotatable bonds is 3. The Morgan fingerprint density at radius 3 is 2.29 bits per heavy atom. The molecule has 0 spiro atoms. The number of hydrogen-bond acceptors (Lipinski definition) is 2. The van der Waals surface area contributed by atoms with Gasteiger partial charge in [-0.2, -0.15) is 0 Å². The van der Waals surface area contributed by atoms with Crippen LogP contribution in [0.25, 0.3) is 0 Å². The third kappa shape index (κ3) is 3.14. The lowest BCUT2D eigenvalue weighted by atomic mass is 9.98. The zero-order valence-electron chi connectivity index (χ0n) is 13.1. The number of nitrogens with two attached hydrogens (primary N) is 1. The maximum Gasteiger partial charge on any atom is 0.258 e. The highest BCUT2D eigenvalue weighted by atomic mass is 16.2. The number of carbonyl (C=O) groups is 1. The Bertz CT molecular complexity index is 654. The lowest BCUT2D eigenvalue weighted by Gasteiger charge is -2.21. The van der Waals surface area contributed by atoms with Crippen LogP contribution >= 0.6 is 0 Å². The fourth-order valence-corrected chi connectivity index (χ4v) is 2.69. The van der Waals surface area contributed by atoms with Crippen molar-refractivity contribution in [1.82, 2.24) is 0 Å². The molecule has 0 heterocycles. The minimum Gasteiger partial charge on any atom is -0.326 e. The van der Waals surface area contributed by atoms with Crippen LogP contribution < -0.4 is 10.6 Å². The first-order valence-corrected chi connectivity index (χ1v) is 7.09. The summed E-state index contributed by atoms with van der Waals surface area (Å²) in [5.74, 6) is 0.0131. The maximum absolute atomic E-state index is 12.8. The molecule has 0 atom stereocenters. The summed E-state index contributed by atoms with van der Waals surface area (Å²) in [5.41, 5.74) is 11.5. The molecule has 21 heavy (non-hydrogen) atoms. The van der Waals surface area contributed by atoms with Crippen molar-refractivity contribution in [1.29, 1.82) is 0 Å². The Kier molecular flexibility index (Phi) is 4.43. The quantitative estimate of drug-likeness (QED) is 0.938. The average Bonchev–Trinajstić information content (AvgIpc) is 2.45. The van der Waals surface area contributed by atoms with Crippen molar-refractivity contribution in [2.24, 2.45) is 5.73 Å². The van der Waals surface area contributed by atoms with E-state index < -0.39 is 0 Å². The van der Waals surface area contributed by atoms with Gasteiger partial charge in [0.1, 0.15) is 0 Å². The van der Waals surface area contributed by atoms with Crippen LogP contribution in [-0.2, 0) is 6.54 Å². The topological polar surface area (TPSA) is 46.3 Å². The van der Waals surface area contributed by atoms with Gasteiger partial charge in [0.15, 0.2) is 0 Å². The molecule has 0 saturated carbocycles. The number of nitrogens with zero attached hydrogens (tertiary/aromatic N) is 1. The molecule has 3 nitrogen and oxygen atoms in total. The van der Waals surface area contributed by atoms with Gasteiger partial charge in [0.05, 0.1) is 0 Å². The number of anilines is 1. The summed E-state index contributed by atoms with van der Waals surface area (Å²) in [7, 11) is 1.80. The van der Waals surface area contributed by atoms with Crippen LogP contribution in [0.4, 0.5) is 5.69 Å². The second kappa shape index (κ2) is 6.10. The normalized spacial score (nSPS) is 10.5. The summed E-state index contributed by atoms with van der Waals surface area (Å²) in [6, 6.07) is 11.9. The zero-order valence-corrected chi connectivity index (χ0v) is 13.1. The Balaban J connectivity index is 2.39. The molecule has 0 bridgehead atoms. The van der Waals surface area contributed by atoms with Crippen molar-refractivity contribution in [3.05, 3.63) is 64.2 Å². The van der Waals surface area contributed by atoms with Gasteiger partial charge in [0.2, 0.25) is 0 Å². The van der Waals surface area contributed by atoms with Gasteiger partial charge < -0.3 is 10.6 Å². The van der Waals surface area contributed by atoms with Crippen molar-refractivity contribution in [3.63, 3.8) is 0 Å². The summed E-state index contributed by atoms with van der Waals surface area (Å²) < 4.78 is 0. The molecule has 3 heteroatoms. The van der Waals surface area contributed by atoms with Gasteiger partial charge in [0.25, 0.3) is 5.91 Å². The smallest absolute Gasteiger partial charge is 0.258 e. The van der Waals surface area contributed by atoms with E-state index in [0.29, 0.717) is 6.54 Å². The molecule has 1 amide bonds. The van der Waals surface area contributed by atoms with E-state index in [-0.39, 0.29) is 5.91 Å². The Morgan fingerprint density at radius 2 is 1.71 bits per heavy atom. The van der Waals surface area contributed by atoms with Crippen LogP contribution in [0.1, 0.15) is 32.6 Å². The highest BCUT2D eigenvalue weighted by molar-refractivity contribution is 6.07. The Hall–Kier alpha value is -2.13. The van der Waals surface area contributed by atoms with Gasteiger partial charge >= 0.3 is 0 Å². The van der Waals surface area contributed by atoms with Crippen LogP contribution in [0.5, 0.6) is 0 Å². The number of hydrogen-bond donors (Lipinski definition) is 1. The maximum atomic E-state index is 12.8. The predicted octanol–water partition coefficient (Wildman–Crippen LogP) is 3.35. The van der Waals surface area contributed by atoms with Gasteiger partial charge in [-0.15, -0.1) is 0 Å². The van der Waals surface area contributed by atoms with Crippen molar-refractivity contribution >= 4 is 11.6 Å². The zero-order chi connectivity index (χ0) is 15.6. The molecule has 2 N–H and O–H groups in total. The highest BCUT2D eigenvalue weighted by Crippen LogP contribution is 2.22. The van der Waals surface area contributed by atoms with Gasteiger partial charge in [-0.25, -0.2) is 0 Å². The summed E-state index contributed by atoms with van der Waals surface area (Å²) in [5, 5.41) is 0. The lowest BCUT2D eigenvalue weighted by Crippen LogP contribution is -2.28. The largest absolute Gasteiger partial charge is 0.326 e. The van der Waals surface area contributed by atoms with E-state index >= 15 is 0 Å². The van der Waals surface area contributed by atoms with E-state index in [1.807, 2.05) is 57.2 Å². The monoisotopic (exact) mass is 282 g/mol. The number of benzene rings is 2. The summed E-state index contributed by atoms with van der Waals surface area (Å²) >= 11 is 0. The molecule has 0 fully saturated rings. The van der Waals surface area contributed by atoms with Crippen molar-refractivity contribution in [2.75, 3.05) is 11.9 Å². The molecule has 0 aliphatic heterocycles. The fourth-order valence-electron chi connectivity index (χ4n) is 2.69. The molecule has 0 aromatic heterocycles. The van der Waals surface area contributed by atoms with Crippen molar-refractivity contribution in [2.45, 2.75) is 27.3 Å². The summed E-state index contributed by atoms with van der Waals surface area (Å²) in [6.07, 6.45) is 0. The molecule has 2 aromatic rings. The lowest BCUT2D eigenvalue weighted by molar-refractivity contribution is 0.0992. The standard InChI is InChI=1S/C18H22N2O/c1-12-8-13(2)17(14(3)9-12)18(21)20(4)16-7-5-6-15(10-16)11-19/h5-10H,11,19H2,1-4H3. The number of amides is 1. The second-order valence-corrected chi connectivity index (χ2v) is 5.51. The Labute approximate surface area is 126 Å². The minimum atomic E-state index is 0.0131. The number of aryl methyl sites for hydroxylation is 3. The van der Waals surface area contributed by atoms with Gasteiger partial charge in [0, 0.05) is 24.8 Å². The van der Waals surface area contributed by atoms with Gasteiger partial charge in [-0.05, 0) is 49.6 Å². The molecule has 2 aromatic carbocycles. The van der Waals surface area contributed by atoms with Crippen LogP contribution in [0, 0.1) is 20.8 Å². The van der Waals surface area contributed by atoms with Gasteiger partial charge in [-0.1, -0.05) is 29.8 Å². The molecule has 110 valence electrons. The molecule has 0 saturated heterocycles. The van der Waals surface area contributed by atoms with Crippen molar-refractivity contribution in [3.8, 4) is 0 Å². The summed E-state index contributed by atoms with van der Waals surface area (Å²) in [4.78, 5) is 14.5. The van der Waals surface area contributed by atoms with E-state index in [1.54, 1.807) is 11.9 Å². The second-order valence-electron chi connectivity index (χ2n) is 5.51. The molecule has 2 rings (SSSR count). The fraction of sp³-hybridized carbons (Fsp3) is 0.278. The highest BCUT2D eigenvalue weighted by Gasteiger charge is 2.18. The average molecular weight is 282 g/mol. The molecule has 0 radical (unpaired) electrons. The third-order valence-corrected chi connectivity index (χ3v) is 3.73. The first kappa shape index (κ1) is 15.3. The molecule has 0 aliphatic rings. The predicted molar refractivity (Wildman–Crippen MR) is 87.7 cm³/mol. The van der Waals surface area contributed by atoms with E-state index in [2.05, 4.69) is 0 Å². The molecular weight excluding hydrogens is 260 g/mol. The van der Waals surface area contributed by atoms with E-state index in [9.17, 15) is 4.79 Å². The Morgan fingerprint density at radius 1 is 1.10 bits per heavy atom. The van der Waals surface area contributed by atoms with E-state index in [0.717, 1.165) is 27.9 Å². The molecular formula is C18H22N2O. The van der Waals surface area contributed by atoms with Gasteiger partial charge in [-0.3, -0.25) is 4.79 Å². The van der Waals surface area contributed by atoms with Crippen LogP contribution in [0.15, 0.2) is 36.4 Å². The first-order valence-electron chi connectivity index (χ1n) is 7.09. The number of carbonyl (C=O) groups excluding carboxylic acids is 1. The SMILES string of the molecule is Cc1cc(C)c(C(=O)N(C)c2cccc(CN)c2)c(C)c1. The summed E-state index contributed by atoms with van der Waals surface area (Å²) in [6.45, 7) is 6.48.